The molecule has 0 aliphatic rings. The Kier molecular flexibility index (Phi) is 5.06. The molecule has 30 heavy (non-hydrogen) atoms. The number of hydrogen-bond donors (Lipinski definition) is 0. The number of fused-ring (bicyclic) bond motifs is 3. The molecule has 9 heteroatoms. The van der Waals surface area contributed by atoms with E-state index in [1.165, 1.54) is 35.2 Å². The summed E-state index contributed by atoms with van der Waals surface area (Å²) in [5, 5.41) is 11.9. The second-order valence-corrected chi connectivity index (χ2v) is 8.98. The van der Waals surface area contributed by atoms with Crippen LogP contribution in [0.1, 0.15) is 11.1 Å². The molecule has 150 valence electrons. The van der Waals surface area contributed by atoms with Gasteiger partial charge in [0.1, 0.15) is 10.5 Å². The van der Waals surface area contributed by atoms with Gasteiger partial charge in [0.2, 0.25) is 5.78 Å². The maximum absolute atomic E-state index is 13.2. The predicted octanol–water partition coefficient (Wildman–Crippen LogP) is 5.24. The van der Waals surface area contributed by atoms with Gasteiger partial charge < -0.3 is 0 Å². The third kappa shape index (κ3) is 3.51. The Hall–Kier alpha value is -2.68. The van der Waals surface area contributed by atoms with E-state index in [-0.39, 0.29) is 11.4 Å². The Labute approximate surface area is 183 Å². The van der Waals surface area contributed by atoms with Gasteiger partial charge in [-0.15, -0.1) is 21.5 Å². The predicted molar refractivity (Wildman–Crippen MR) is 119 cm³/mol. The van der Waals surface area contributed by atoms with Gasteiger partial charge in [-0.25, -0.2) is 4.39 Å². The number of hydrogen-bond acceptors (Lipinski definition) is 5. The quantitative estimate of drug-likeness (QED) is 0.339. The van der Waals surface area contributed by atoms with Crippen molar-refractivity contribution in [1.82, 2.24) is 19.2 Å². The van der Waals surface area contributed by atoms with E-state index < -0.39 is 0 Å². The molecule has 0 radical (unpaired) electrons. The lowest BCUT2D eigenvalue weighted by molar-refractivity contribution is 0.627. The van der Waals surface area contributed by atoms with E-state index >= 15 is 0 Å². The number of nitrogens with zero attached hydrogens (tertiary/aromatic N) is 4. The molecule has 0 fully saturated rings. The first-order valence-electron chi connectivity index (χ1n) is 9.07. The first-order valence-corrected chi connectivity index (χ1v) is 11.3. The van der Waals surface area contributed by atoms with E-state index in [1.807, 2.05) is 28.0 Å². The van der Waals surface area contributed by atoms with E-state index in [9.17, 15) is 9.18 Å². The summed E-state index contributed by atoms with van der Waals surface area (Å²) in [6.07, 6.45) is 0. The Morgan fingerprint density at radius 1 is 1.00 bits per heavy atom. The van der Waals surface area contributed by atoms with Crippen molar-refractivity contribution < 1.29 is 4.39 Å². The molecule has 3 aromatic heterocycles. The lowest BCUT2D eigenvalue weighted by Gasteiger charge is -2.09. The fourth-order valence-electron chi connectivity index (χ4n) is 3.24. The summed E-state index contributed by atoms with van der Waals surface area (Å²) in [6, 6.07) is 15.7. The molecule has 0 N–H and O–H groups in total. The van der Waals surface area contributed by atoms with Crippen molar-refractivity contribution in [2.24, 2.45) is 0 Å². The van der Waals surface area contributed by atoms with Crippen LogP contribution in [0.4, 0.5) is 4.39 Å². The molecule has 5 rings (SSSR count). The molecule has 3 heterocycles. The van der Waals surface area contributed by atoms with Gasteiger partial charge in [-0.1, -0.05) is 47.6 Å². The second-order valence-electron chi connectivity index (χ2n) is 6.69. The normalized spacial score (nSPS) is 11.5. The van der Waals surface area contributed by atoms with Crippen LogP contribution in [0.3, 0.4) is 0 Å². The van der Waals surface area contributed by atoms with Crippen molar-refractivity contribution >= 4 is 50.7 Å². The van der Waals surface area contributed by atoms with Crippen molar-refractivity contribution in [2.45, 2.75) is 17.5 Å². The zero-order valence-corrected chi connectivity index (χ0v) is 17.8. The van der Waals surface area contributed by atoms with Gasteiger partial charge in [0, 0.05) is 10.8 Å². The summed E-state index contributed by atoms with van der Waals surface area (Å²) in [4.78, 5) is 13.1. The van der Waals surface area contributed by atoms with E-state index in [4.69, 9.17) is 11.6 Å². The lowest BCUT2D eigenvalue weighted by Crippen LogP contribution is -2.23. The Morgan fingerprint density at radius 2 is 1.73 bits per heavy atom. The molecule has 5 nitrogen and oxygen atoms in total. The fourth-order valence-corrected chi connectivity index (χ4v) is 5.08. The molecular formula is C21H14ClFN4OS2. The fraction of sp³-hybridized carbons (Fsp3) is 0.0952. The van der Waals surface area contributed by atoms with Crippen molar-refractivity contribution in [3.05, 3.63) is 92.3 Å². The van der Waals surface area contributed by atoms with Gasteiger partial charge in [0.15, 0.2) is 5.16 Å². The minimum absolute atomic E-state index is 0.0927. The molecular weight excluding hydrogens is 443 g/mol. The highest BCUT2D eigenvalue weighted by molar-refractivity contribution is 7.98. The third-order valence-electron chi connectivity index (χ3n) is 4.72. The molecule has 0 atom stereocenters. The third-order valence-corrected chi connectivity index (χ3v) is 6.86. The largest absolute Gasteiger partial charge is 0.273 e. The summed E-state index contributed by atoms with van der Waals surface area (Å²) in [5.74, 6) is 0.841. The Balaban J connectivity index is 1.58. The monoisotopic (exact) mass is 456 g/mol. The highest BCUT2D eigenvalue weighted by atomic mass is 35.5. The van der Waals surface area contributed by atoms with Crippen molar-refractivity contribution in [3.63, 3.8) is 0 Å². The number of thioether (sulfide) groups is 1. The molecule has 0 amide bonds. The van der Waals surface area contributed by atoms with Crippen LogP contribution < -0.4 is 5.56 Å². The van der Waals surface area contributed by atoms with Crippen LogP contribution in [-0.2, 0) is 12.3 Å². The van der Waals surface area contributed by atoms with Gasteiger partial charge in [-0.3, -0.25) is 13.8 Å². The van der Waals surface area contributed by atoms with E-state index in [1.54, 1.807) is 28.8 Å². The summed E-state index contributed by atoms with van der Waals surface area (Å²) in [6.45, 7) is 0.369. The van der Waals surface area contributed by atoms with Crippen molar-refractivity contribution in [3.8, 4) is 0 Å². The molecule has 0 unspecified atom stereocenters. The van der Waals surface area contributed by atoms with Crippen LogP contribution in [0.5, 0.6) is 0 Å². The zero-order chi connectivity index (χ0) is 20.7. The number of aromatic nitrogens is 4. The summed E-state index contributed by atoms with van der Waals surface area (Å²) in [5.41, 5.74) is 2.63. The molecule has 0 saturated carbocycles. The Bertz CT molecular complexity index is 1410. The number of thiophene rings is 1. The summed E-state index contributed by atoms with van der Waals surface area (Å²) in [7, 11) is 0. The molecule has 2 aromatic carbocycles. The van der Waals surface area contributed by atoms with E-state index in [2.05, 4.69) is 10.2 Å². The SMILES string of the molecule is O=c1c2sccc2n2c(SCc3ccc(F)cc3)nnc2n1Cc1ccc(Cl)cc1. The zero-order valence-electron chi connectivity index (χ0n) is 15.5. The van der Waals surface area contributed by atoms with Gasteiger partial charge >= 0.3 is 0 Å². The van der Waals surface area contributed by atoms with Crippen LogP contribution >= 0.6 is 34.7 Å². The first-order chi connectivity index (χ1) is 14.6. The second kappa shape index (κ2) is 7.86. The van der Waals surface area contributed by atoms with Crippen LogP contribution in [0, 0.1) is 5.82 Å². The number of benzene rings is 2. The van der Waals surface area contributed by atoms with Crippen molar-refractivity contribution in [1.29, 1.82) is 0 Å². The molecule has 0 saturated heterocycles. The van der Waals surface area contributed by atoms with Crippen molar-refractivity contribution in [2.75, 3.05) is 0 Å². The first kappa shape index (κ1) is 19.3. The topological polar surface area (TPSA) is 52.2 Å². The smallest absolute Gasteiger partial charge is 0.271 e. The molecule has 0 spiro atoms. The van der Waals surface area contributed by atoms with E-state index in [0.717, 1.165) is 16.6 Å². The van der Waals surface area contributed by atoms with Crippen LogP contribution in [0.15, 0.2) is 69.9 Å². The van der Waals surface area contributed by atoms with Crippen LogP contribution in [0.2, 0.25) is 5.02 Å². The van der Waals surface area contributed by atoms with Gasteiger partial charge in [-0.05, 0) is 46.8 Å². The maximum Gasteiger partial charge on any atom is 0.273 e. The molecule has 0 aliphatic heterocycles. The number of rotatable bonds is 5. The molecule has 0 bridgehead atoms. The van der Waals surface area contributed by atoms with Gasteiger partial charge in [-0.2, -0.15) is 0 Å². The van der Waals surface area contributed by atoms with Gasteiger partial charge in [0.25, 0.3) is 5.56 Å². The lowest BCUT2D eigenvalue weighted by atomic mass is 10.2. The maximum atomic E-state index is 13.2. The minimum Gasteiger partial charge on any atom is -0.271 e. The highest BCUT2D eigenvalue weighted by Gasteiger charge is 2.18. The average molecular weight is 457 g/mol. The molecule has 0 aliphatic carbocycles. The highest BCUT2D eigenvalue weighted by Crippen LogP contribution is 2.27. The summed E-state index contributed by atoms with van der Waals surface area (Å²) < 4.78 is 17.4. The molecule has 5 aromatic rings. The number of halogens is 2. The minimum atomic E-state index is -0.261. The summed E-state index contributed by atoms with van der Waals surface area (Å²) >= 11 is 8.88. The average Bonchev–Trinajstić information content (AvgIpc) is 3.39. The standard InChI is InChI=1S/C21H14ClFN4OS2/c22-15-5-1-13(2-6-15)11-26-19(28)18-17(9-10-29-18)27-20(26)24-25-21(27)30-12-14-3-7-16(23)8-4-14/h1-10H,11-12H2. The van der Waals surface area contributed by atoms with Gasteiger partial charge in [0.05, 0.1) is 12.1 Å². The Morgan fingerprint density at radius 3 is 2.50 bits per heavy atom. The van der Waals surface area contributed by atoms with E-state index in [0.29, 0.717) is 33.0 Å². The van der Waals surface area contributed by atoms with Crippen LogP contribution in [0.25, 0.3) is 16.0 Å². The van der Waals surface area contributed by atoms with Crippen LogP contribution in [-0.4, -0.2) is 19.2 Å².